The molecule has 22 heavy (non-hydrogen) atoms. The number of aliphatic imine (C=N–C) groups is 1. The van der Waals surface area contributed by atoms with Crippen molar-refractivity contribution in [2.24, 2.45) is 10.7 Å². The zero-order valence-electron chi connectivity index (χ0n) is 12.6. The van der Waals surface area contributed by atoms with E-state index in [0.29, 0.717) is 22.5 Å². The maximum absolute atomic E-state index is 11.6. The number of thiophene rings is 1. The Bertz CT molecular complexity index is 760. The van der Waals surface area contributed by atoms with Crippen LogP contribution in [0.25, 0.3) is 0 Å². The highest BCUT2D eigenvalue weighted by molar-refractivity contribution is 7.16. The number of hydrogen-bond donors (Lipinski definition) is 2. The van der Waals surface area contributed by atoms with Gasteiger partial charge in [-0.25, -0.2) is 4.99 Å². The molecule has 0 bridgehead atoms. The SMILES string of the molecule is C=CCc1cccc(O)c1/C=N/c1sc(C)c(C)c1C(N)=O. The molecule has 0 spiro atoms. The standard InChI is InChI=1S/C17H18N2O2S/c1-4-6-12-7-5-8-14(20)13(12)9-19-17-15(16(18)21)10(2)11(3)22-17/h4-5,7-9,20H,1,6H2,2-3H3,(H2,18,21)/b19-9+. The molecule has 3 N–H and O–H groups in total. The number of phenolic OH excluding ortho intramolecular Hbond substituents is 1. The fourth-order valence-electron chi connectivity index (χ4n) is 2.20. The minimum atomic E-state index is -0.488. The van der Waals surface area contributed by atoms with Crippen LogP contribution in [0.15, 0.2) is 35.8 Å². The summed E-state index contributed by atoms with van der Waals surface area (Å²) < 4.78 is 0. The summed E-state index contributed by atoms with van der Waals surface area (Å²) in [5, 5.41) is 10.6. The second-order valence-electron chi connectivity index (χ2n) is 4.93. The molecule has 4 nitrogen and oxygen atoms in total. The van der Waals surface area contributed by atoms with Gasteiger partial charge in [0.1, 0.15) is 10.8 Å². The van der Waals surface area contributed by atoms with Crippen LogP contribution in [0.3, 0.4) is 0 Å². The summed E-state index contributed by atoms with van der Waals surface area (Å²) in [6.07, 6.45) is 3.96. The van der Waals surface area contributed by atoms with Gasteiger partial charge in [0.15, 0.2) is 0 Å². The van der Waals surface area contributed by atoms with E-state index in [0.717, 1.165) is 16.0 Å². The molecule has 5 heteroatoms. The van der Waals surface area contributed by atoms with Gasteiger partial charge in [0.25, 0.3) is 5.91 Å². The summed E-state index contributed by atoms with van der Waals surface area (Å²) in [6.45, 7) is 7.49. The van der Waals surface area contributed by atoms with Gasteiger partial charge in [-0.05, 0) is 37.5 Å². The highest BCUT2D eigenvalue weighted by Crippen LogP contribution is 2.34. The number of amides is 1. The molecule has 0 aliphatic heterocycles. The molecule has 1 heterocycles. The number of benzene rings is 1. The van der Waals surface area contributed by atoms with E-state index < -0.39 is 5.91 Å². The predicted octanol–water partition coefficient (Wildman–Crippen LogP) is 3.65. The van der Waals surface area contributed by atoms with Crippen LogP contribution in [0.5, 0.6) is 5.75 Å². The number of aromatic hydroxyl groups is 1. The fourth-order valence-corrected chi connectivity index (χ4v) is 3.20. The number of carbonyl (C=O) groups is 1. The van der Waals surface area contributed by atoms with Crippen molar-refractivity contribution in [3.05, 3.63) is 58.0 Å². The van der Waals surface area contributed by atoms with Crippen LogP contribution < -0.4 is 5.73 Å². The lowest BCUT2D eigenvalue weighted by Crippen LogP contribution is -2.11. The van der Waals surface area contributed by atoms with Crippen molar-refractivity contribution in [1.82, 2.24) is 0 Å². The Morgan fingerprint density at radius 3 is 2.82 bits per heavy atom. The summed E-state index contributed by atoms with van der Waals surface area (Å²) in [5.74, 6) is -0.341. The Morgan fingerprint density at radius 2 is 2.18 bits per heavy atom. The van der Waals surface area contributed by atoms with Crippen molar-refractivity contribution in [3.63, 3.8) is 0 Å². The largest absolute Gasteiger partial charge is 0.507 e. The molecule has 1 aromatic carbocycles. The maximum atomic E-state index is 11.6. The first kappa shape index (κ1) is 16.0. The number of nitrogens with two attached hydrogens (primary N) is 1. The van der Waals surface area contributed by atoms with Crippen LogP contribution in [0.1, 0.15) is 31.9 Å². The normalized spacial score (nSPS) is 11.0. The predicted molar refractivity (Wildman–Crippen MR) is 91.6 cm³/mol. The quantitative estimate of drug-likeness (QED) is 0.653. The molecule has 1 amide bonds. The van der Waals surface area contributed by atoms with Crippen molar-refractivity contribution < 1.29 is 9.90 Å². The highest BCUT2D eigenvalue weighted by atomic mass is 32.1. The van der Waals surface area contributed by atoms with Crippen LogP contribution in [-0.2, 0) is 6.42 Å². The highest BCUT2D eigenvalue weighted by Gasteiger charge is 2.16. The summed E-state index contributed by atoms with van der Waals surface area (Å²) in [5.41, 5.74) is 8.28. The van der Waals surface area contributed by atoms with Gasteiger partial charge in [-0.3, -0.25) is 4.79 Å². The third-order valence-electron chi connectivity index (χ3n) is 3.46. The van der Waals surface area contributed by atoms with Crippen molar-refractivity contribution in [2.75, 3.05) is 0 Å². The van der Waals surface area contributed by atoms with Crippen LogP contribution in [0, 0.1) is 13.8 Å². The second kappa shape index (κ2) is 6.58. The molecular formula is C17H18N2O2S. The zero-order chi connectivity index (χ0) is 16.3. The van der Waals surface area contributed by atoms with Crippen LogP contribution in [-0.4, -0.2) is 17.2 Å². The lowest BCUT2D eigenvalue weighted by Gasteiger charge is -2.05. The van der Waals surface area contributed by atoms with E-state index >= 15 is 0 Å². The van der Waals surface area contributed by atoms with Crippen molar-refractivity contribution in [3.8, 4) is 5.75 Å². The first-order valence-corrected chi connectivity index (χ1v) is 7.63. The smallest absolute Gasteiger partial charge is 0.252 e. The third-order valence-corrected chi connectivity index (χ3v) is 4.58. The van der Waals surface area contributed by atoms with E-state index in [1.54, 1.807) is 24.4 Å². The number of aryl methyl sites for hydroxylation is 1. The average molecular weight is 314 g/mol. The summed E-state index contributed by atoms with van der Waals surface area (Å²) in [7, 11) is 0. The van der Waals surface area contributed by atoms with Crippen molar-refractivity contribution in [1.29, 1.82) is 0 Å². The average Bonchev–Trinajstić information content (AvgIpc) is 2.74. The summed E-state index contributed by atoms with van der Waals surface area (Å²) in [6, 6.07) is 5.29. The van der Waals surface area contributed by atoms with E-state index in [4.69, 9.17) is 5.73 Å². The van der Waals surface area contributed by atoms with Gasteiger partial charge in [0, 0.05) is 16.7 Å². The molecule has 114 valence electrons. The van der Waals surface area contributed by atoms with E-state index in [1.165, 1.54) is 11.3 Å². The maximum Gasteiger partial charge on any atom is 0.252 e. The molecule has 0 radical (unpaired) electrons. The van der Waals surface area contributed by atoms with E-state index in [-0.39, 0.29) is 5.75 Å². The molecule has 0 aliphatic carbocycles. The van der Waals surface area contributed by atoms with Crippen molar-refractivity contribution in [2.45, 2.75) is 20.3 Å². The number of rotatable bonds is 5. The Morgan fingerprint density at radius 1 is 1.45 bits per heavy atom. The number of nitrogens with zero attached hydrogens (tertiary/aromatic N) is 1. The third kappa shape index (κ3) is 3.09. The van der Waals surface area contributed by atoms with Gasteiger partial charge in [-0.15, -0.1) is 17.9 Å². The Hall–Kier alpha value is -2.40. The minimum absolute atomic E-state index is 0.147. The number of phenols is 1. The molecule has 0 aliphatic rings. The Labute approximate surface area is 133 Å². The first-order chi connectivity index (χ1) is 10.5. The van der Waals surface area contributed by atoms with E-state index in [2.05, 4.69) is 11.6 Å². The topological polar surface area (TPSA) is 75.7 Å². The zero-order valence-corrected chi connectivity index (χ0v) is 13.4. The van der Waals surface area contributed by atoms with Crippen LogP contribution in [0.4, 0.5) is 5.00 Å². The Balaban J connectivity index is 2.48. The van der Waals surface area contributed by atoms with Gasteiger partial charge in [-0.2, -0.15) is 0 Å². The van der Waals surface area contributed by atoms with Gasteiger partial charge in [0.2, 0.25) is 0 Å². The van der Waals surface area contributed by atoms with E-state index in [1.807, 2.05) is 19.9 Å². The first-order valence-electron chi connectivity index (χ1n) is 6.81. The number of primary amides is 1. The number of allylic oxidation sites excluding steroid dienone is 1. The van der Waals surface area contributed by atoms with Crippen LogP contribution >= 0.6 is 11.3 Å². The lowest BCUT2D eigenvalue weighted by atomic mass is 10.0. The minimum Gasteiger partial charge on any atom is -0.507 e. The molecular weight excluding hydrogens is 296 g/mol. The van der Waals surface area contributed by atoms with Crippen LogP contribution in [0.2, 0.25) is 0 Å². The molecule has 0 saturated carbocycles. The van der Waals surface area contributed by atoms with Gasteiger partial charge in [-0.1, -0.05) is 18.2 Å². The fraction of sp³-hybridized carbons (Fsp3) is 0.176. The molecule has 0 unspecified atom stereocenters. The second-order valence-corrected chi connectivity index (χ2v) is 6.13. The van der Waals surface area contributed by atoms with Gasteiger partial charge in [0.05, 0.1) is 5.56 Å². The molecule has 0 atom stereocenters. The molecule has 2 rings (SSSR count). The van der Waals surface area contributed by atoms with E-state index in [9.17, 15) is 9.90 Å². The molecule has 0 fully saturated rings. The van der Waals surface area contributed by atoms with Gasteiger partial charge < -0.3 is 10.8 Å². The molecule has 2 aromatic rings. The molecule has 0 saturated heterocycles. The van der Waals surface area contributed by atoms with Crippen molar-refractivity contribution >= 4 is 28.5 Å². The number of hydrogen-bond acceptors (Lipinski definition) is 4. The summed E-state index contributed by atoms with van der Waals surface area (Å²) in [4.78, 5) is 17.0. The molecule has 1 aromatic heterocycles. The van der Waals surface area contributed by atoms with Gasteiger partial charge >= 0.3 is 0 Å². The monoisotopic (exact) mass is 314 g/mol. The lowest BCUT2D eigenvalue weighted by molar-refractivity contribution is 0.100. The Kier molecular flexibility index (Phi) is 4.78. The number of carbonyl (C=O) groups excluding carboxylic acids is 1. The summed E-state index contributed by atoms with van der Waals surface area (Å²) >= 11 is 1.41.